The summed E-state index contributed by atoms with van der Waals surface area (Å²) >= 11 is 6.16. The fourth-order valence-corrected chi connectivity index (χ4v) is 3.20. The van der Waals surface area contributed by atoms with E-state index in [4.69, 9.17) is 11.6 Å². The number of nitrogens with one attached hydrogen (secondary N) is 1. The highest BCUT2D eigenvalue weighted by Gasteiger charge is 2.35. The van der Waals surface area contributed by atoms with Gasteiger partial charge in [-0.3, -0.25) is 0 Å². The van der Waals surface area contributed by atoms with Crippen LogP contribution >= 0.6 is 11.6 Å². The molecule has 1 N–H and O–H groups in total. The van der Waals surface area contributed by atoms with Crippen molar-refractivity contribution in [1.82, 2.24) is 10.2 Å². The lowest BCUT2D eigenvalue weighted by molar-refractivity contribution is 0.153. The van der Waals surface area contributed by atoms with E-state index in [2.05, 4.69) is 42.5 Å². The molecule has 106 valence electrons. The number of aryl methyl sites for hydroxylation is 1. The summed E-state index contributed by atoms with van der Waals surface area (Å²) in [6.07, 6.45) is 5.33. The second-order valence-electron chi connectivity index (χ2n) is 6.01. The molecule has 0 atom stereocenters. The van der Waals surface area contributed by atoms with Crippen LogP contribution in [0.5, 0.6) is 0 Å². The summed E-state index contributed by atoms with van der Waals surface area (Å²) in [5, 5.41) is 4.48. The van der Waals surface area contributed by atoms with E-state index >= 15 is 0 Å². The topological polar surface area (TPSA) is 15.3 Å². The minimum atomic E-state index is 0.356. The highest BCUT2D eigenvalue weighted by atomic mass is 35.5. The van der Waals surface area contributed by atoms with Gasteiger partial charge in [0, 0.05) is 23.7 Å². The molecule has 1 saturated carbocycles. The molecule has 1 aromatic carbocycles. The van der Waals surface area contributed by atoms with Gasteiger partial charge in [0.15, 0.2) is 0 Å². The average Bonchev–Trinajstić information content (AvgIpc) is 2.84. The smallest absolute Gasteiger partial charge is 0.0438 e. The number of likely N-dealkylation sites (N-methyl/N-ethyl adjacent to an activating group) is 1. The summed E-state index contributed by atoms with van der Waals surface area (Å²) in [6.45, 7) is 4.00. The first-order valence-corrected chi connectivity index (χ1v) is 7.54. The Morgan fingerprint density at radius 1 is 1.26 bits per heavy atom. The third-order valence-corrected chi connectivity index (χ3v) is 4.91. The second-order valence-corrected chi connectivity index (χ2v) is 6.42. The Kier molecular flexibility index (Phi) is 4.88. The molecular formula is C16H25ClN2. The van der Waals surface area contributed by atoms with Crippen molar-refractivity contribution in [2.24, 2.45) is 0 Å². The highest BCUT2D eigenvalue weighted by Crippen LogP contribution is 2.33. The second kappa shape index (κ2) is 6.25. The molecule has 19 heavy (non-hydrogen) atoms. The van der Waals surface area contributed by atoms with Crippen molar-refractivity contribution in [2.45, 2.75) is 44.7 Å². The normalized spacial score (nSPS) is 18.2. The minimum absolute atomic E-state index is 0.356. The monoisotopic (exact) mass is 280 g/mol. The van der Waals surface area contributed by atoms with Crippen LogP contribution in [0, 0.1) is 6.92 Å². The first kappa shape index (κ1) is 14.8. The van der Waals surface area contributed by atoms with Crippen molar-refractivity contribution in [1.29, 1.82) is 0 Å². The van der Waals surface area contributed by atoms with E-state index in [0.29, 0.717) is 5.54 Å². The first-order chi connectivity index (χ1) is 9.03. The third kappa shape index (κ3) is 3.50. The van der Waals surface area contributed by atoms with Crippen LogP contribution < -0.4 is 5.32 Å². The lowest BCUT2D eigenvalue weighted by atomic mass is 9.96. The summed E-state index contributed by atoms with van der Waals surface area (Å²) in [5.74, 6) is 0. The lowest BCUT2D eigenvalue weighted by Gasteiger charge is -2.36. The molecule has 0 unspecified atom stereocenters. The SMILES string of the molecule is Cc1ccc(CNCC2(N(C)C)CCCC2)cc1Cl. The van der Waals surface area contributed by atoms with Crippen LogP contribution in [0.1, 0.15) is 36.8 Å². The Bertz CT molecular complexity index is 423. The predicted octanol–water partition coefficient (Wildman–Crippen LogP) is 3.61. The summed E-state index contributed by atoms with van der Waals surface area (Å²) in [5.41, 5.74) is 2.77. The first-order valence-electron chi connectivity index (χ1n) is 7.17. The molecule has 2 rings (SSSR count). The Hall–Kier alpha value is -0.570. The molecule has 1 aliphatic rings. The van der Waals surface area contributed by atoms with Gasteiger partial charge in [-0.05, 0) is 51.1 Å². The van der Waals surface area contributed by atoms with E-state index in [9.17, 15) is 0 Å². The van der Waals surface area contributed by atoms with Gasteiger partial charge < -0.3 is 10.2 Å². The molecule has 0 saturated heterocycles. The van der Waals surface area contributed by atoms with Crippen molar-refractivity contribution in [3.8, 4) is 0 Å². The van der Waals surface area contributed by atoms with E-state index in [1.54, 1.807) is 0 Å². The zero-order valence-corrected chi connectivity index (χ0v) is 13.1. The molecule has 0 radical (unpaired) electrons. The number of halogens is 1. The van der Waals surface area contributed by atoms with Crippen LogP contribution in [0.4, 0.5) is 0 Å². The van der Waals surface area contributed by atoms with Crippen LogP contribution in [0.15, 0.2) is 18.2 Å². The number of rotatable bonds is 5. The molecular weight excluding hydrogens is 256 g/mol. The van der Waals surface area contributed by atoms with E-state index in [1.807, 2.05) is 6.92 Å². The summed E-state index contributed by atoms with van der Waals surface area (Å²) < 4.78 is 0. The van der Waals surface area contributed by atoms with Gasteiger partial charge in [0.1, 0.15) is 0 Å². The zero-order chi connectivity index (χ0) is 13.9. The van der Waals surface area contributed by atoms with Crippen LogP contribution in [-0.4, -0.2) is 31.1 Å². The Morgan fingerprint density at radius 2 is 1.95 bits per heavy atom. The van der Waals surface area contributed by atoms with Gasteiger partial charge in [0.25, 0.3) is 0 Å². The fourth-order valence-electron chi connectivity index (χ4n) is 3.00. The fraction of sp³-hybridized carbons (Fsp3) is 0.625. The number of benzene rings is 1. The zero-order valence-electron chi connectivity index (χ0n) is 12.3. The molecule has 1 aliphatic carbocycles. The van der Waals surface area contributed by atoms with E-state index in [0.717, 1.165) is 23.7 Å². The molecule has 0 bridgehead atoms. The van der Waals surface area contributed by atoms with Gasteiger partial charge in [-0.25, -0.2) is 0 Å². The van der Waals surface area contributed by atoms with Gasteiger partial charge in [-0.2, -0.15) is 0 Å². The molecule has 1 fully saturated rings. The van der Waals surface area contributed by atoms with Gasteiger partial charge in [0.2, 0.25) is 0 Å². The molecule has 0 amide bonds. The summed E-state index contributed by atoms with van der Waals surface area (Å²) in [6, 6.07) is 6.32. The third-order valence-electron chi connectivity index (χ3n) is 4.50. The van der Waals surface area contributed by atoms with Crippen LogP contribution in [-0.2, 0) is 6.54 Å². The molecule has 1 aromatic rings. The summed E-state index contributed by atoms with van der Waals surface area (Å²) in [7, 11) is 4.41. The molecule has 0 aliphatic heterocycles. The molecule has 0 spiro atoms. The number of hydrogen-bond donors (Lipinski definition) is 1. The minimum Gasteiger partial charge on any atom is -0.311 e. The standard InChI is InChI=1S/C16H25ClN2/c1-13-6-7-14(10-15(13)17)11-18-12-16(19(2)3)8-4-5-9-16/h6-7,10,18H,4-5,8-9,11-12H2,1-3H3. The molecule has 0 heterocycles. The molecule has 0 aromatic heterocycles. The maximum Gasteiger partial charge on any atom is 0.0438 e. The van der Waals surface area contributed by atoms with Gasteiger partial charge in [-0.15, -0.1) is 0 Å². The number of nitrogens with zero attached hydrogens (tertiary/aromatic N) is 1. The summed E-state index contributed by atoms with van der Waals surface area (Å²) in [4.78, 5) is 2.40. The molecule has 2 nitrogen and oxygen atoms in total. The van der Waals surface area contributed by atoms with Crippen molar-refractivity contribution in [3.05, 3.63) is 34.3 Å². The number of hydrogen-bond acceptors (Lipinski definition) is 2. The quantitative estimate of drug-likeness (QED) is 0.886. The predicted molar refractivity (Wildman–Crippen MR) is 82.8 cm³/mol. The van der Waals surface area contributed by atoms with Crippen molar-refractivity contribution >= 4 is 11.6 Å². The maximum atomic E-state index is 6.16. The Balaban J connectivity index is 1.90. The van der Waals surface area contributed by atoms with E-state index in [-0.39, 0.29) is 0 Å². The maximum absolute atomic E-state index is 6.16. The highest BCUT2D eigenvalue weighted by molar-refractivity contribution is 6.31. The van der Waals surface area contributed by atoms with Crippen LogP contribution in [0.25, 0.3) is 0 Å². The molecule has 3 heteroatoms. The van der Waals surface area contributed by atoms with Gasteiger partial charge in [-0.1, -0.05) is 36.6 Å². The average molecular weight is 281 g/mol. The van der Waals surface area contributed by atoms with E-state index in [1.165, 1.54) is 31.2 Å². The Labute approximate surface area is 122 Å². The van der Waals surface area contributed by atoms with Crippen molar-refractivity contribution in [2.75, 3.05) is 20.6 Å². The lowest BCUT2D eigenvalue weighted by Crippen LogP contribution is -2.49. The van der Waals surface area contributed by atoms with Crippen LogP contribution in [0.2, 0.25) is 5.02 Å². The largest absolute Gasteiger partial charge is 0.311 e. The van der Waals surface area contributed by atoms with Crippen molar-refractivity contribution < 1.29 is 0 Å². The van der Waals surface area contributed by atoms with Crippen molar-refractivity contribution in [3.63, 3.8) is 0 Å². The van der Waals surface area contributed by atoms with Gasteiger partial charge in [0.05, 0.1) is 0 Å². The van der Waals surface area contributed by atoms with Crippen LogP contribution in [0.3, 0.4) is 0 Å². The van der Waals surface area contributed by atoms with E-state index < -0.39 is 0 Å². The Morgan fingerprint density at radius 3 is 2.53 bits per heavy atom. The van der Waals surface area contributed by atoms with Gasteiger partial charge >= 0.3 is 0 Å².